The Labute approximate surface area is 88.3 Å². The summed E-state index contributed by atoms with van der Waals surface area (Å²) in [7, 11) is 1.86. The number of aromatic nitrogens is 1. The third-order valence-corrected chi connectivity index (χ3v) is 2.94. The van der Waals surface area contributed by atoms with E-state index in [1.807, 2.05) is 19.2 Å². The number of aliphatic carboxylic acids is 1. The Morgan fingerprint density at radius 2 is 2.53 bits per heavy atom. The molecule has 1 aliphatic rings. The first-order valence-corrected chi connectivity index (χ1v) is 5.04. The minimum atomic E-state index is -0.691. The van der Waals surface area contributed by atoms with Gasteiger partial charge in [-0.15, -0.1) is 0 Å². The van der Waals surface area contributed by atoms with Gasteiger partial charge in [-0.3, -0.25) is 9.78 Å². The summed E-state index contributed by atoms with van der Waals surface area (Å²) in [4.78, 5) is 14.8. The Morgan fingerprint density at radius 3 is 3.00 bits per heavy atom. The maximum absolute atomic E-state index is 10.8. The van der Waals surface area contributed by atoms with Crippen LogP contribution in [0.5, 0.6) is 0 Å². The van der Waals surface area contributed by atoms with Gasteiger partial charge < -0.3 is 10.4 Å². The molecule has 0 spiro atoms. The van der Waals surface area contributed by atoms with Gasteiger partial charge in [0, 0.05) is 18.4 Å². The lowest BCUT2D eigenvalue weighted by Gasteiger charge is -2.15. The number of carboxylic acids is 1. The topological polar surface area (TPSA) is 62.2 Å². The second-order valence-electron chi connectivity index (χ2n) is 3.90. The number of rotatable bonds is 4. The Kier molecular flexibility index (Phi) is 2.68. The molecular weight excluding hydrogens is 192 g/mol. The van der Waals surface area contributed by atoms with Crippen LogP contribution in [0.2, 0.25) is 0 Å². The number of nitrogens with zero attached hydrogens (tertiary/aromatic N) is 1. The summed E-state index contributed by atoms with van der Waals surface area (Å²) in [5.74, 6) is -0.677. The Hall–Kier alpha value is -1.42. The van der Waals surface area contributed by atoms with Crippen molar-refractivity contribution in [3.8, 4) is 0 Å². The number of pyridine rings is 1. The predicted molar refractivity (Wildman–Crippen MR) is 55.3 cm³/mol. The number of hydrogen-bond donors (Lipinski definition) is 2. The number of nitrogens with one attached hydrogen (secondary N) is 1. The van der Waals surface area contributed by atoms with Crippen molar-refractivity contribution in [2.75, 3.05) is 7.05 Å². The largest absolute Gasteiger partial charge is 0.481 e. The molecule has 0 aromatic carbocycles. The average Bonchev–Trinajstić information content (AvgIpc) is 3.01. The molecule has 1 fully saturated rings. The molecule has 0 saturated heterocycles. The Morgan fingerprint density at radius 1 is 1.73 bits per heavy atom. The van der Waals surface area contributed by atoms with Crippen molar-refractivity contribution in [2.24, 2.45) is 11.8 Å². The van der Waals surface area contributed by atoms with E-state index in [4.69, 9.17) is 5.11 Å². The van der Waals surface area contributed by atoms with E-state index >= 15 is 0 Å². The van der Waals surface area contributed by atoms with Gasteiger partial charge in [-0.25, -0.2) is 0 Å². The smallest absolute Gasteiger partial charge is 0.306 e. The van der Waals surface area contributed by atoms with E-state index in [9.17, 15) is 4.79 Å². The zero-order valence-electron chi connectivity index (χ0n) is 8.55. The quantitative estimate of drug-likeness (QED) is 0.773. The molecule has 1 saturated carbocycles. The molecule has 0 radical (unpaired) electrons. The molecule has 80 valence electrons. The minimum absolute atomic E-state index is 0.111. The third-order valence-electron chi connectivity index (χ3n) is 2.94. The molecule has 0 bridgehead atoms. The first-order valence-electron chi connectivity index (χ1n) is 5.04. The Bertz CT molecular complexity index is 353. The van der Waals surface area contributed by atoms with Crippen molar-refractivity contribution in [1.82, 2.24) is 10.3 Å². The van der Waals surface area contributed by atoms with Crippen LogP contribution in [0.3, 0.4) is 0 Å². The summed E-state index contributed by atoms with van der Waals surface area (Å²) in [6.07, 6.45) is 4.27. The molecule has 1 aromatic heterocycles. The molecule has 1 aliphatic carbocycles. The molecule has 4 heteroatoms. The maximum Gasteiger partial charge on any atom is 0.306 e. The Balaban J connectivity index is 2.10. The van der Waals surface area contributed by atoms with E-state index in [0.717, 1.165) is 12.0 Å². The van der Waals surface area contributed by atoms with Gasteiger partial charge in [-0.1, -0.05) is 6.07 Å². The van der Waals surface area contributed by atoms with Gasteiger partial charge in [0.15, 0.2) is 0 Å². The average molecular weight is 206 g/mol. The fourth-order valence-electron chi connectivity index (χ4n) is 2.05. The maximum atomic E-state index is 10.8. The fourth-order valence-corrected chi connectivity index (χ4v) is 2.05. The van der Waals surface area contributed by atoms with Crippen LogP contribution in [0.15, 0.2) is 24.5 Å². The lowest BCUT2D eigenvalue weighted by Crippen LogP contribution is -2.20. The van der Waals surface area contributed by atoms with Crippen molar-refractivity contribution in [2.45, 2.75) is 12.5 Å². The normalized spacial score (nSPS) is 25.9. The molecule has 4 nitrogen and oxygen atoms in total. The standard InChI is InChI=1S/C11H14N2O2/c1-12-10(7-3-2-4-13-6-7)8-5-9(8)11(14)15/h2-4,6,8-10,12H,5H2,1H3,(H,14,15). The van der Waals surface area contributed by atoms with Crippen LogP contribution < -0.4 is 5.32 Å². The predicted octanol–water partition coefficient (Wildman–Crippen LogP) is 1.06. The molecule has 2 N–H and O–H groups in total. The first-order chi connectivity index (χ1) is 7.24. The van der Waals surface area contributed by atoms with Gasteiger partial charge >= 0.3 is 5.97 Å². The zero-order chi connectivity index (χ0) is 10.8. The molecule has 1 heterocycles. The monoisotopic (exact) mass is 206 g/mol. The summed E-state index contributed by atoms with van der Waals surface area (Å²) >= 11 is 0. The van der Waals surface area contributed by atoms with Gasteiger partial charge in [0.25, 0.3) is 0 Å². The lowest BCUT2D eigenvalue weighted by atomic mass is 10.0. The van der Waals surface area contributed by atoms with E-state index in [1.54, 1.807) is 12.4 Å². The molecule has 15 heavy (non-hydrogen) atoms. The van der Waals surface area contributed by atoms with Crippen molar-refractivity contribution in [1.29, 1.82) is 0 Å². The van der Waals surface area contributed by atoms with Gasteiger partial charge in [0.1, 0.15) is 0 Å². The molecule has 3 unspecified atom stereocenters. The molecule has 1 aromatic rings. The van der Waals surface area contributed by atoms with Crippen molar-refractivity contribution < 1.29 is 9.90 Å². The highest BCUT2D eigenvalue weighted by Gasteiger charge is 2.47. The zero-order valence-corrected chi connectivity index (χ0v) is 8.55. The second-order valence-corrected chi connectivity index (χ2v) is 3.90. The van der Waals surface area contributed by atoms with Crippen LogP contribution in [0.4, 0.5) is 0 Å². The van der Waals surface area contributed by atoms with Crippen LogP contribution in [-0.4, -0.2) is 23.1 Å². The second kappa shape index (κ2) is 3.98. The van der Waals surface area contributed by atoms with Crippen molar-refractivity contribution in [3.05, 3.63) is 30.1 Å². The van der Waals surface area contributed by atoms with Crippen LogP contribution in [0, 0.1) is 11.8 Å². The van der Waals surface area contributed by atoms with Gasteiger partial charge in [0.2, 0.25) is 0 Å². The van der Waals surface area contributed by atoms with E-state index in [-0.39, 0.29) is 17.9 Å². The SMILES string of the molecule is CNC(c1cccnc1)C1CC1C(=O)O. The van der Waals surface area contributed by atoms with Gasteiger partial charge in [-0.05, 0) is 31.0 Å². The highest BCUT2D eigenvalue weighted by atomic mass is 16.4. The molecular formula is C11H14N2O2. The summed E-state index contributed by atoms with van der Waals surface area (Å²) in [5, 5.41) is 12.0. The van der Waals surface area contributed by atoms with Gasteiger partial charge in [-0.2, -0.15) is 0 Å². The number of hydrogen-bond acceptors (Lipinski definition) is 3. The fraction of sp³-hybridized carbons (Fsp3) is 0.455. The number of carboxylic acid groups (broad SMARTS) is 1. The highest BCUT2D eigenvalue weighted by Crippen LogP contribution is 2.47. The molecule has 3 atom stereocenters. The van der Waals surface area contributed by atoms with Crippen molar-refractivity contribution >= 4 is 5.97 Å². The summed E-state index contributed by atoms with van der Waals surface area (Å²) in [6, 6.07) is 3.96. The highest BCUT2D eigenvalue weighted by molar-refractivity contribution is 5.73. The number of carbonyl (C=O) groups is 1. The first kappa shape index (κ1) is 10.1. The third kappa shape index (κ3) is 1.99. The summed E-state index contributed by atoms with van der Waals surface area (Å²) < 4.78 is 0. The van der Waals surface area contributed by atoms with E-state index in [0.29, 0.717) is 0 Å². The van der Waals surface area contributed by atoms with Crippen LogP contribution >= 0.6 is 0 Å². The lowest BCUT2D eigenvalue weighted by molar-refractivity contribution is -0.138. The van der Waals surface area contributed by atoms with Crippen LogP contribution in [0.25, 0.3) is 0 Å². The van der Waals surface area contributed by atoms with Crippen molar-refractivity contribution in [3.63, 3.8) is 0 Å². The van der Waals surface area contributed by atoms with E-state index in [2.05, 4.69) is 10.3 Å². The summed E-state index contributed by atoms with van der Waals surface area (Å²) in [5.41, 5.74) is 1.06. The molecule has 0 aliphatic heterocycles. The summed E-state index contributed by atoms with van der Waals surface area (Å²) in [6.45, 7) is 0. The molecule has 2 rings (SSSR count). The van der Waals surface area contributed by atoms with Crippen LogP contribution in [0.1, 0.15) is 18.0 Å². The molecule has 0 amide bonds. The minimum Gasteiger partial charge on any atom is -0.481 e. The van der Waals surface area contributed by atoms with Gasteiger partial charge in [0.05, 0.1) is 5.92 Å². The van der Waals surface area contributed by atoms with Crippen LogP contribution in [-0.2, 0) is 4.79 Å². The van der Waals surface area contributed by atoms with E-state index < -0.39 is 5.97 Å². The van der Waals surface area contributed by atoms with E-state index in [1.165, 1.54) is 0 Å².